The van der Waals surface area contributed by atoms with Gasteiger partial charge in [0.15, 0.2) is 0 Å². The summed E-state index contributed by atoms with van der Waals surface area (Å²) >= 11 is 0. The highest BCUT2D eigenvalue weighted by molar-refractivity contribution is 5.94. The highest BCUT2D eigenvalue weighted by Crippen LogP contribution is 2.40. The highest BCUT2D eigenvalue weighted by Gasteiger charge is 2.37. The molecule has 3 rings (SSSR count). The van der Waals surface area contributed by atoms with E-state index in [-0.39, 0.29) is 11.3 Å². The number of nitrogens with one attached hydrogen (secondary N) is 1. The van der Waals surface area contributed by atoms with Gasteiger partial charge in [-0.3, -0.25) is 9.69 Å². The van der Waals surface area contributed by atoms with Crippen LogP contribution in [0.3, 0.4) is 0 Å². The summed E-state index contributed by atoms with van der Waals surface area (Å²) in [6.45, 7) is 8.83. The molecule has 6 heteroatoms. The maximum Gasteiger partial charge on any atom is 0.231 e. The molecule has 1 aromatic rings. The number of hydrogen-bond donors (Lipinski definition) is 1. The van der Waals surface area contributed by atoms with Gasteiger partial charge in [0.1, 0.15) is 11.6 Å². The molecule has 6 nitrogen and oxygen atoms in total. The third-order valence-corrected chi connectivity index (χ3v) is 5.96. The summed E-state index contributed by atoms with van der Waals surface area (Å²) in [5.74, 6) is 1.55. The highest BCUT2D eigenvalue weighted by atomic mass is 16.5. The summed E-state index contributed by atoms with van der Waals surface area (Å²) in [6, 6.07) is 1.98. The fourth-order valence-electron chi connectivity index (χ4n) is 4.18. The molecule has 2 heterocycles. The number of pyridine rings is 1. The van der Waals surface area contributed by atoms with Crippen LogP contribution in [0.2, 0.25) is 0 Å². The lowest BCUT2D eigenvalue weighted by Crippen LogP contribution is -2.38. The van der Waals surface area contributed by atoms with Crippen LogP contribution >= 0.6 is 0 Å². The van der Waals surface area contributed by atoms with Crippen molar-refractivity contribution in [2.75, 3.05) is 38.2 Å². The van der Waals surface area contributed by atoms with E-state index in [1.165, 1.54) is 6.42 Å². The molecule has 0 bridgehead atoms. The van der Waals surface area contributed by atoms with Crippen LogP contribution in [0.5, 0.6) is 5.75 Å². The van der Waals surface area contributed by atoms with E-state index in [1.807, 2.05) is 13.0 Å². The lowest BCUT2D eigenvalue weighted by molar-refractivity contribution is -0.127. The molecule has 0 atom stereocenters. The van der Waals surface area contributed by atoms with Gasteiger partial charge in [-0.15, -0.1) is 0 Å². The van der Waals surface area contributed by atoms with Gasteiger partial charge in [0.05, 0.1) is 26.0 Å². The minimum Gasteiger partial charge on any atom is -0.492 e. The quantitative estimate of drug-likeness (QED) is 0.789. The summed E-state index contributed by atoms with van der Waals surface area (Å²) < 4.78 is 11.2. The largest absolute Gasteiger partial charge is 0.492 e. The van der Waals surface area contributed by atoms with Crippen molar-refractivity contribution in [3.8, 4) is 5.75 Å². The van der Waals surface area contributed by atoms with Crippen LogP contribution in [-0.2, 0) is 16.1 Å². The molecule has 1 saturated carbocycles. The van der Waals surface area contributed by atoms with Gasteiger partial charge >= 0.3 is 0 Å². The molecule has 0 unspecified atom stereocenters. The van der Waals surface area contributed by atoms with Gasteiger partial charge in [-0.05, 0) is 32.3 Å². The first kappa shape index (κ1) is 20.1. The molecule has 1 aliphatic carbocycles. The molecule has 0 spiro atoms. The fourth-order valence-corrected chi connectivity index (χ4v) is 4.18. The maximum atomic E-state index is 13.0. The Morgan fingerprint density at radius 1 is 1.26 bits per heavy atom. The zero-order valence-electron chi connectivity index (χ0n) is 16.8. The van der Waals surface area contributed by atoms with E-state index in [4.69, 9.17) is 9.47 Å². The Hall–Kier alpha value is -1.66. The Labute approximate surface area is 162 Å². The summed E-state index contributed by atoms with van der Waals surface area (Å²) in [4.78, 5) is 19.8. The van der Waals surface area contributed by atoms with E-state index >= 15 is 0 Å². The molecular weight excluding hydrogens is 342 g/mol. The molecule has 2 aliphatic rings. The van der Waals surface area contributed by atoms with E-state index in [0.717, 1.165) is 76.3 Å². The van der Waals surface area contributed by atoms with Crippen LogP contribution in [0, 0.1) is 5.41 Å². The van der Waals surface area contributed by atoms with Gasteiger partial charge in [0.25, 0.3) is 0 Å². The molecule has 1 saturated heterocycles. The van der Waals surface area contributed by atoms with E-state index in [9.17, 15) is 4.79 Å². The number of nitrogens with zero attached hydrogens (tertiary/aromatic N) is 2. The second-order valence-corrected chi connectivity index (χ2v) is 7.65. The predicted molar refractivity (Wildman–Crippen MR) is 106 cm³/mol. The molecular formula is C21H33N3O3. The van der Waals surface area contributed by atoms with E-state index < -0.39 is 0 Å². The number of ether oxygens (including phenoxy) is 2. The van der Waals surface area contributed by atoms with E-state index in [1.54, 1.807) is 6.20 Å². The molecule has 0 radical (unpaired) electrons. The molecule has 1 amide bonds. The lowest BCUT2D eigenvalue weighted by atomic mass is 9.71. The second kappa shape index (κ2) is 9.51. The van der Waals surface area contributed by atoms with E-state index in [0.29, 0.717) is 12.4 Å². The van der Waals surface area contributed by atoms with Crippen molar-refractivity contribution >= 4 is 11.7 Å². The average Bonchev–Trinajstić information content (AvgIpc) is 2.71. The Balaban J connectivity index is 1.74. The molecule has 150 valence electrons. The number of carbonyl (C=O) groups excluding carboxylic acids is 1. The third-order valence-electron chi connectivity index (χ3n) is 5.96. The van der Waals surface area contributed by atoms with Crippen LogP contribution in [0.1, 0.15) is 57.9 Å². The number of rotatable bonds is 7. The maximum absolute atomic E-state index is 13.0. The monoisotopic (exact) mass is 375 g/mol. The van der Waals surface area contributed by atoms with Gasteiger partial charge in [-0.2, -0.15) is 0 Å². The van der Waals surface area contributed by atoms with Crippen molar-refractivity contribution in [3.63, 3.8) is 0 Å². The van der Waals surface area contributed by atoms with Crippen molar-refractivity contribution in [1.82, 2.24) is 9.88 Å². The Morgan fingerprint density at radius 3 is 2.67 bits per heavy atom. The van der Waals surface area contributed by atoms with E-state index in [2.05, 4.69) is 22.1 Å². The number of aromatic nitrogens is 1. The van der Waals surface area contributed by atoms with Gasteiger partial charge in [0, 0.05) is 30.6 Å². The number of morpholine rings is 1. The average molecular weight is 376 g/mol. The van der Waals surface area contributed by atoms with Gasteiger partial charge < -0.3 is 14.8 Å². The topological polar surface area (TPSA) is 63.7 Å². The summed E-state index contributed by atoms with van der Waals surface area (Å²) in [5, 5.41) is 3.10. The number of carbonyl (C=O) groups is 1. The molecule has 2 fully saturated rings. The first-order valence-corrected chi connectivity index (χ1v) is 10.4. The zero-order valence-corrected chi connectivity index (χ0v) is 16.8. The standard InChI is InChI=1S/C21H33N3O3/c1-3-21(8-6-5-7-9-21)20(25)23-19-14-17(18(15-22-19)27-4-2)16-24-10-12-26-13-11-24/h14-15H,3-13,16H2,1-2H3,(H,22,23,25). The first-order chi connectivity index (χ1) is 13.2. The fraction of sp³-hybridized carbons (Fsp3) is 0.714. The van der Waals surface area contributed by atoms with Gasteiger partial charge in [-0.25, -0.2) is 4.98 Å². The van der Waals surface area contributed by atoms with Crippen LogP contribution < -0.4 is 10.1 Å². The van der Waals surface area contributed by atoms with Crippen LogP contribution in [0.25, 0.3) is 0 Å². The number of hydrogen-bond acceptors (Lipinski definition) is 5. The number of anilines is 1. The Kier molecular flexibility index (Phi) is 7.07. The SMILES string of the molecule is CCOc1cnc(NC(=O)C2(CC)CCCCC2)cc1CN1CCOCC1. The van der Waals surface area contributed by atoms with Crippen LogP contribution in [0.15, 0.2) is 12.3 Å². The zero-order chi connectivity index (χ0) is 19.1. The van der Waals surface area contributed by atoms with Crippen molar-refractivity contribution in [2.45, 2.75) is 58.9 Å². The Morgan fingerprint density at radius 2 is 2.00 bits per heavy atom. The molecule has 1 aromatic heterocycles. The van der Waals surface area contributed by atoms with Crippen molar-refractivity contribution in [3.05, 3.63) is 17.8 Å². The lowest BCUT2D eigenvalue weighted by Gasteiger charge is -2.34. The Bertz CT molecular complexity index is 623. The van der Waals surface area contributed by atoms with Crippen LogP contribution in [-0.4, -0.2) is 48.7 Å². The predicted octanol–water partition coefficient (Wildman–Crippen LogP) is 3.61. The van der Waals surface area contributed by atoms with Gasteiger partial charge in [0.2, 0.25) is 5.91 Å². The summed E-state index contributed by atoms with van der Waals surface area (Å²) in [5.41, 5.74) is 0.835. The molecule has 0 aromatic carbocycles. The minimum atomic E-state index is -0.233. The normalized spacial score (nSPS) is 20.2. The summed E-state index contributed by atoms with van der Waals surface area (Å²) in [7, 11) is 0. The molecule has 1 N–H and O–H groups in total. The molecule has 1 aliphatic heterocycles. The third kappa shape index (κ3) is 4.99. The first-order valence-electron chi connectivity index (χ1n) is 10.4. The smallest absolute Gasteiger partial charge is 0.231 e. The van der Waals surface area contributed by atoms with Gasteiger partial charge in [-0.1, -0.05) is 26.2 Å². The molecule has 27 heavy (non-hydrogen) atoms. The van der Waals surface area contributed by atoms with Crippen molar-refractivity contribution in [1.29, 1.82) is 0 Å². The van der Waals surface area contributed by atoms with Crippen molar-refractivity contribution in [2.24, 2.45) is 5.41 Å². The summed E-state index contributed by atoms with van der Waals surface area (Å²) in [6.07, 6.45) is 8.10. The second-order valence-electron chi connectivity index (χ2n) is 7.65. The van der Waals surface area contributed by atoms with Crippen LogP contribution in [0.4, 0.5) is 5.82 Å². The number of amides is 1. The van der Waals surface area contributed by atoms with Crippen molar-refractivity contribution < 1.29 is 14.3 Å². The minimum absolute atomic E-state index is 0.124.